The van der Waals surface area contributed by atoms with Crippen molar-refractivity contribution in [3.63, 3.8) is 0 Å². The summed E-state index contributed by atoms with van der Waals surface area (Å²) in [5.41, 5.74) is -0.302. The molecule has 1 aliphatic heterocycles. The van der Waals surface area contributed by atoms with E-state index in [2.05, 4.69) is 30.0 Å². The summed E-state index contributed by atoms with van der Waals surface area (Å²) in [7, 11) is 3.53. The normalized spacial score (nSPS) is 24.7. The van der Waals surface area contributed by atoms with Gasteiger partial charge in [-0.25, -0.2) is 0 Å². The van der Waals surface area contributed by atoms with E-state index in [-0.39, 0.29) is 11.6 Å². The standard InChI is InChI=1S/C24H27N5O2/c1-4-5-10-31-20-7-6-16(11-21(20)30-3)22-19-13-29(2)9-8-17(19)18(12-25)23(28)24(22,14-26)15-27/h6-8,11,18-19,22,28H,4-5,9-10,13H2,1-3H3/t18-,19-,22-/m1/s1. The molecule has 0 bridgehead atoms. The van der Waals surface area contributed by atoms with Crippen LogP contribution in [0.1, 0.15) is 31.2 Å². The summed E-state index contributed by atoms with van der Waals surface area (Å²) in [6.07, 6.45) is 3.91. The van der Waals surface area contributed by atoms with Gasteiger partial charge in [-0.1, -0.05) is 25.5 Å². The van der Waals surface area contributed by atoms with Crippen molar-refractivity contribution in [2.75, 3.05) is 33.9 Å². The second kappa shape index (κ2) is 9.21. The number of likely N-dealkylation sites (N-methyl/N-ethyl adjacent to an activating group) is 1. The maximum absolute atomic E-state index is 10.1. The first-order valence-electron chi connectivity index (χ1n) is 10.5. The van der Waals surface area contributed by atoms with E-state index in [0.717, 1.165) is 24.0 Å². The van der Waals surface area contributed by atoms with Gasteiger partial charge in [-0.05, 0) is 36.7 Å². The zero-order valence-electron chi connectivity index (χ0n) is 18.2. The summed E-state index contributed by atoms with van der Waals surface area (Å²) in [5.74, 6) is -0.535. The number of hydrogen-bond acceptors (Lipinski definition) is 7. The van der Waals surface area contributed by atoms with Crippen LogP contribution < -0.4 is 9.47 Å². The molecule has 0 unspecified atom stereocenters. The molecule has 1 N–H and O–H groups in total. The molecule has 2 aliphatic rings. The maximum Gasteiger partial charge on any atom is 0.189 e. The molecule has 1 aromatic rings. The van der Waals surface area contributed by atoms with E-state index < -0.39 is 17.3 Å². The van der Waals surface area contributed by atoms with Crippen molar-refractivity contribution < 1.29 is 9.47 Å². The minimum atomic E-state index is -1.73. The van der Waals surface area contributed by atoms with Crippen molar-refractivity contribution >= 4 is 5.71 Å². The molecule has 0 amide bonds. The summed E-state index contributed by atoms with van der Waals surface area (Å²) in [6.45, 7) is 3.93. The second-order valence-corrected chi connectivity index (χ2v) is 8.13. The van der Waals surface area contributed by atoms with Crippen molar-refractivity contribution in [1.82, 2.24) is 4.90 Å². The number of rotatable bonds is 6. The average Bonchev–Trinajstić information content (AvgIpc) is 2.79. The lowest BCUT2D eigenvalue weighted by atomic mass is 9.54. The van der Waals surface area contributed by atoms with Gasteiger partial charge in [0, 0.05) is 24.9 Å². The van der Waals surface area contributed by atoms with Crippen molar-refractivity contribution in [3.05, 3.63) is 35.4 Å². The third-order valence-corrected chi connectivity index (χ3v) is 6.27. The SMILES string of the molecule is CCCCOc1ccc([C@@H]2[C@@H]3CN(C)CC=C3[C@@H](C#N)C(=N)C2(C#N)C#N)cc1OC. The third kappa shape index (κ3) is 3.76. The molecule has 0 saturated heterocycles. The zero-order chi connectivity index (χ0) is 22.6. The Kier molecular flexibility index (Phi) is 6.64. The van der Waals surface area contributed by atoms with E-state index in [4.69, 9.17) is 14.9 Å². The van der Waals surface area contributed by atoms with Crippen LogP contribution in [0.4, 0.5) is 0 Å². The highest BCUT2D eigenvalue weighted by molar-refractivity contribution is 6.00. The van der Waals surface area contributed by atoms with Crippen molar-refractivity contribution in [2.45, 2.75) is 25.7 Å². The molecule has 3 atom stereocenters. The lowest BCUT2D eigenvalue weighted by Gasteiger charge is -2.47. The lowest BCUT2D eigenvalue weighted by molar-refractivity contribution is 0.234. The fraction of sp³-hybridized carbons (Fsp3) is 0.500. The number of fused-ring (bicyclic) bond motifs is 1. The monoisotopic (exact) mass is 417 g/mol. The van der Waals surface area contributed by atoms with E-state index in [9.17, 15) is 15.8 Å². The number of nitrogens with one attached hydrogen (secondary N) is 1. The van der Waals surface area contributed by atoms with Gasteiger partial charge in [-0.15, -0.1) is 0 Å². The van der Waals surface area contributed by atoms with Crippen molar-refractivity contribution in [2.24, 2.45) is 17.3 Å². The molecule has 31 heavy (non-hydrogen) atoms. The molecule has 160 valence electrons. The quantitative estimate of drug-likeness (QED) is 0.558. The summed E-state index contributed by atoms with van der Waals surface area (Å²) in [4.78, 5) is 2.10. The molecular formula is C24H27N5O2. The summed E-state index contributed by atoms with van der Waals surface area (Å²) in [5, 5.41) is 38.7. The first-order valence-corrected chi connectivity index (χ1v) is 10.5. The van der Waals surface area contributed by atoms with E-state index in [1.165, 1.54) is 0 Å². The number of nitrogens with zero attached hydrogens (tertiary/aromatic N) is 4. The Morgan fingerprint density at radius 2 is 1.97 bits per heavy atom. The summed E-state index contributed by atoms with van der Waals surface area (Å²) >= 11 is 0. The maximum atomic E-state index is 10.1. The summed E-state index contributed by atoms with van der Waals surface area (Å²) < 4.78 is 11.4. The van der Waals surface area contributed by atoms with Crippen LogP contribution in [0.15, 0.2) is 29.8 Å². The number of hydrogen-bond donors (Lipinski definition) is 1. The molecule has 0 radical (unpaired) electrons. The van der Waals surface area contributed by atoms with Gasteiger partial charge < -0.3 is 19.8 Å². The molecular weight excluding hydrogens is 390 g/mol. The van der Waals surface area contributed by atoms with Crippen molar-refractivity contribution in [1.29, 1.82) is 21.2 Å². The van der Waals surface area contributed by atoms with Crippen LogP contribution >= 0.6 is 0 Å². The smallest absolute Gasteiger partial charge is 0.189 e. The largest absolute Gasteiger partial charge is 0.493 e. The van der Waals surface area contributed by atoms with Gasteiger partial charge in [0.2, 0.25) is 0 Å². The van der Waals surface area contributed by atoms with Gasteiger partial charge in [0.15, 0.2) is 16.9 Å². The molecule has 7 heteroatoms. The Balaban J connectivity index is 2.14. The Morgan fingerprint density at radius 3 is 2.58 bits per heavy atom. The molecule has 0 aromatic heterocycles. The van der Waals surface area contributed by atoms with Gasteiger partial charge >= 0.3 is 0 Å². The summed E-state index contributed by atoms with van der Waals surface area (Å²) in [6, 6.07) is 11.9. The first-order chi connectivity index (χ1) is 15.0. The molecule has 0 spiro atoms. The van der Waals surface area contributed by atoms with Crippen LogP contribution in [0.3, 0.4) is 0 Å². The van der Waals surface area contributed by atoms with Crippen LogP contribution in [0, 0.1) is 56.7 Å². The van der Waals surface area contributed by atoms with Gasteiger partial charge in [0.1, 0.15) is 5.92 Å². The molecule has 1 saturated carbocycles. The zero-order valence-corrected chi connectivity index (χ0v) is 18.2. The predicted octanol–water partition coefficient (Wildman–Crippen LogP) is 3.65. The van der Waals surface area contributed by atoms with Crippen LogP contribution in [0.2, 0.25) is 0 Å². The van der Waals surface area contributed by atoms with E-state index in [1.54, 1.807) is 13.2 Å². The second-order valence-electron chi connectivity index (χ2n) is 8.13. The number of benzene rings is 1. The lowest BCUT2D eigenvalue weighted by Crippen LogP contribution is -2.52. The number of unbranched alkanes of at least 4 members (excludes halogenated alkanes) is 1. The number of methoxy groups -OCH3 is 1. The molecule has 1 heterocycles. The molecule has 1 aliphatic carbocycles. The fourth-order valence-electron chi connectivity index (χ4n) is 4.65. The van der Waals surface area contributed by atoms with Crippen LogP contribution in [-0.2, 0) is 0 Å². The third-order valence-electron chi connectivity index (χ3n) is 6.27. The topological polar surface area (TPSA) is 117 Å². The van der Waals surface area contributed by atoms with Crippen LogP contribution in [-0.4, -0.2) is 44.5 Å². The van der Waals surface area contributed by atoms with Gasteiger partial charge in [-0.2, -0.15) is 15.8 Å². The molecule has 1 aromatic carbocycles. The van der Waals surface area contributed by atoms with Crippen LogP contribution in [0.25, 0.3) is 0 Å². The van der Waals surface area contributed by atoms with Crippen LogP contribution in [0.5, 0.6) is 11.5 Å². The fourth-order valence-corrected chi connectivity index (χ4v) is 4.65. The van der Waals surface area contributed by atoms with E-state index >= 15 is 0 Å². The molecule has 3 rings (SSSR count). The molecule has 7 nitrogen and oxygen atoms in total. The minimum absolute atomic E-state index is 0.140. The van der Waals surface area contributed by atoms with Gasteiger partial charge in [0.25, 0.3) is 0 Å². The highest BCUT2D eigenvalue weighted by Crippen LogP contribution is 2.54. The Bertz CT molecular complexity index is 996. The Hall–Kier alpha value is -3.34. The highest BCUT2D eigenvalue weighted by Gasteiger charge is 2.57. The average molecular weight is 418 g/mol. The Morgan fingerprint density at radius 1 is 1.23 bits per heavy atom. The minimum Gasteiger partial charge on any atom is -0.493 e. The Labute approximate surface area is 183 Å². The molecule has 1 fully saturated rings. The van der Waals surface area contributed by atoms with Gasteiger partial charge in [0.05, 0.1) is 37.6 Å². The highest BCUT2D eigenvalue weighted by atomic mass is 16.5. The number of ether oxygens (including phenoxy) is 2. The first kappa shape index (κ1) is 22.3. The van der Waals surface area contributed by atoms with Crippen molar-refractivity contribution in [3.8, 4) is 29.7 Å². The van der Waals surface area contributed by atoms with Gasteiger partial charge in [-0.3, -0.25) is 0 Å². The number of nitriles is 3. The van der Waals surface area contributed by atoms with E-state index in [0.29, 0.717) is 31.2 Å². The predicted molar refractivity (Wildman–Crippen MR) is 116 cm³/mol. The van der Waals surface area contributed by atoms with E-state index in [1.807, 2.05) is 25.3 Å².